The first-order valence-corrected chi connectivity index (χ1v) is 12.1. The lowest BCUT2D eigenvalue weighted by atomic mass is 9.87. The van der Waals surface area contributed by atoms with Crippen molar-refractivity contribution in [2.75, 3.05) is 0 Å². The molecule has 3 N–H and O–H groups in total. The van der Waals surface area contributed by atoms with E-state index in [0.29, 0.717) is 5.56 Å². The minimum atomic E-state index is -1.31. The Balaban J connectivity index is 3.36. The van der Waals surface area contributed by atoms with Gasteiger partial charge in [-0.05, 0) is 42.9 Å². The number of aliphatic carboxylic acids is 1. The first kappa shape index (κ1) is 30.1. The SMILES string of the molecule is CCC(C)CC(=O)Oc1ccc(C(CC(C)OC(C)=O)[C@H](N)C(=O)O)cc1OC(=O)CC(C)CC. The Kier molecular flexibility index (Phi) is 12.4. The minimum absolute atomic E-state index is 0.0102. The molecule has 0 aliphatic heterocycles. The summed E-state index contributed by atoms with van der Waals surface area (Å²) in [7, 11) is 0. The van der Waals surface area contributed by atoms with E-state index in [-0.39, 0.29) is 42.6 Å². The van der Waals surface area contributed by atoms with Gasteiger partial charge in [-0.25, -0.2) is 0 Å². The van der Waals surface area contributed by atoms with Gasteiger partial charge in [-0.2, -0.15) is 0 Å². The molecule has 0 amide bonds. The van der Waals surface area contributed by atoms with E-state index in [2.05, 4.69) is 0 Å². The van der Waals surface area contributed by atoms with Crippen LogP contribution >= 0.6 is 0 Å². The van der Waals surface area contributed by atoms with Crippen molar-refractivity contribution in [3.8, 4) is 11.5 Å². The van der Waals surface area contributed by atoms with Crippen molar-refractivity contribution in [2.45, 2.75) is 91.7 Å². The van der Waals surface area contributed by atoms with Gasteiger partial charge in [0.2, 0.25) is 0 Å². The molecule has 0 fully saturated rings. The Hall–Kier alpha value is -2.94. The van der Waals surface area contributed by atoms with Crippen LogP contribution in [0.4, 0.5) is 0 Å². The molecule has 5 atom stereocenters. The maximum absolute atomic E-state index is 12.5. The van der Waals surface area contributed by atoms with Gasteiger partial charge >= 0.3 is 23.9 Å². The molecule has 35 heavy (non-hydrogen) atoms. The van der Waals surface area contributed by atoms with E-state index in [9.17, 15) is 24.3 Å². The zero-order chi connectivity index (χ0) is 26.7. The number of benzene rings is 1. The molecule has 196 valence electrons. The maximum Gasteiger partial charge on any atom is 0.321 e. The molecule has 1 rings (SSSR count). The van der Waals surface area contributed by atoms with Gasteiger partial charge in [-0.3, -0.25) is 19.2 Å². The molecular weight excluding hydrogens is 454 g/mol. The van der Waals surface area contributed by atoms with Crippen molar-refractivity contribution >= 4 is 23.9 Å². The summed E-state index contributed by atoms with van der Waals surface area (Å²) in [5.74, 6) is -3.16. The van der Waals surface area contributed by atoms with Crippen molar-refractivity contribution in [3.05, 3.63) is 23.8 Å². The fraction of sp³-hybridized carbons (Fsp3) is 0.615. The lowest BCUT2D eigenvalue weighted by Gasteiger charge is -2.25. The summed E-state index contributed by atoms with van der Waals surface area (Å²) >= 11 is 0. The van der Waals surface area contributed by atoms with Gasteiger partial charge in [0, 0.05) is 25.7 Å². The number of esters is 3. The van der Waals surface area contributed by atoms with Crippen LogP contribution in [0.2, 0.25) is 0 Å². The van der Waals surface area contributed by atoms with Crippen molar-refractivity contribution < 1.29 is 38.5 Å². The van der Waals surface area contributed by atoms with Gasteiger partial charge in [0.15, 0.2) is 11.5 Å². The van der Waals surface area contributed by atoms with Gasteiger partial charge < -0.3 is 25.1 Å². The van der Waals surface area contributed by atoms with Crippen LogP contribution in [-0.2, 0) is 23.9 Å². The van der Waals surface area contributed by atoms with Crippen LogP contribution in [-0.4, -0.2) is 41.1 Å². The zero-order valence-electron chi connectivity index (χ0n) is 21.5. The number of carbonyl (C=O) groups is 4. The molecule has 0 spiro atoms. The fourth-order valence-electron chi connectivity index (χ4n) is 3.46. The van der Waals surface area contributed by atoms with Gasteiger partial charge in [0.25, 0.3) is 0 Å². The summed E-state index contributed by atoms with van der Waals surface area (Å²) in [6.45, 7) is 10.7. The molecule has 0 aliphatic carbocycles. The van der Waals surface area contributed by atoms with E-state index < -0.39 is 41.9 Å². The summed E-state index contributed by atoms with van der Waals surface area (Å²) in [4.78, 5) is 48.0. The smallest absolute Gasteiger partial charge is 0.321 e. The average Bonchev–Trinajstić information content (AvgIpc) is 2.77. The number of carboxylic acids is 1. The van der Waals surface area contributed by atoms with E-state index in [1.54, 1.807) is 13.0 Å². The summed E-state index contributed by atoms with van der Waals surface area (Å²) in [5.41, 5.74) is 6.41. The van der Waals surface area contributed by atoms with Gasteiger partial charge in [0.1, 0.15) is 6.04 Å². The second-order valence-electron chi connectivity index (χ2n) is 9.22. The fourth-order valence-corrected chi connectivity index (χ4v) is 3.46. The third-order valence-electron chi connectivity index (χ3n) is 5.94. The number of carbonyl (C=O) groups excluding carboxylic acids is 3. The van der Waals surface area contributed by atoms with Gasteiger partial charge in [-0.1, -0.05) is 46.6 Å². The van der Waals surface area contributed by atoms with Crippen LogP contribution in [0.25, 0.3) is 0 Å². The number of hydrogen-bond donors (Lipinski definition) is 2. The Morgan fingerprint density at radius 3 is 1.89 bits per heavy atom. The summed E-state index contributed by atoms with van der Waals surface area (Å²) in [5, 5.41) is 9.54. The minimum Gasteiger partial charge on any atom is -0.480 e. The topological polar surface area (TPSA) is 142 Å². The lowest BCUT2D eigenvalue weighted by Crippen LogP contribution is -2.38. The number of carboxylic acid groups (broad SMARTS) is 1. The van der Waals surface area contributed by atoms with Crippen molar-refractivity contribution in [2.24, 2.45) is 17.6 Å². The van der Waals surface area contributed by atoms with E-state index in [1.165, 1.54) is 19.1 Å². The lowest BCUT2D eigenvalue weighted by molar-refractivity contribution is -0.146. The number of hydrogen-bond acceptors (Lipinski definition) is 8. The first-order chi connectivity index (χ1) is 16.4. The maximum atomic E-state index is 12.5. The summed E-state index contributed by atoms with van der Waals surface area (Å²) in [6, 6.07) is 3.20. The molecule has 0 bridgehead atoms. The number of nitrogens with two attached hydrogens (primary N) is 1. The van der Waals surface area contributed by atoms with Crippen LogP contribution in [0.5, 0.6) is 11.5 Å². The quantitative estimate of drug-likeness (QED) is 0.288. The van der Waals surface area contributed by atoms with E-state index in [0.717, 1.165) is 12.8 Å². The highest BCUT2D eigenvalue weighted by molar-refractivity contribution is 5.77. The molecule has 1 aromatic rings. The normalized spacial score (nSPS) is 15.3. The highest BCUT2D eigenvalue weighted by Crippen LogP contribution is 2.35. The van der Waals surface area contributed by atoms with Crippen LogP contribution in [0.1, 0.15) is 85.1 Å². The van der Waals surface area contributed by atoms with Crippen molar-refractivity contribution in [1.29, 1.82) is 0 Å². The second-order valence-corrected chi connectivity index (χ2v) is 9.22. The molecule has 9 heteroatoms. The van der Waals surface area contributed by atoms with Crippen LogP contribution in [0.15, 0.2) is 18.2 Å². The molecule has 1 aromatic carbocycles. The Morgan fingerprint density at radius 1 is 0.914 bits per heavy atom. The Morgan fingerprint density at radius 2 is 1.43 bits per heavy atom. The molecule has 0 aliphatic rings. The molecule has 0 heterocycles. The highest BCUT2D eigenvalue weighted by atomic mass is 16.6. The largest absolute Gasteiger partial charge is 0.480 e. The van der Waals surface area contributed by atoms with Gasteiger partial charge in [-0.15, -0.1) is 0 Å². The van der Waals surface area contributed by atoms with E-state index >= 15 is 0 Å². The Labute approximate surface area is 207 Å². The molecular formula is C26H39NO8. The Bertz CT molecular complexity index is 884. The van der Waals surface area contributed by atoms with E-state index in [4.69, 9.17) is 19.9 Å². The van der Waals surface area contributed by atoms with Crippen LogP contribution in [0, 0.1) is 11.8 Å². The second kappa shape index (κ2) is 14.5. The van der Waals surface area contributed by atoms with Gasteiger partial charge in [0.05, 0.1) is 6.10 Å². The van der Waals surface area contributed by atoms with Crippen molar-refractivity contribution in [1.82, 2.24) is 0 Å². The van der Waals surface area contributed by atoms with Crippen LogP contribution in [0.3, 0.4) is 0 Å². The summed E-state index contributed by atoms with van der Waals surface area (Å²) < 4.78 is 16.2. The number of ether oxygens (including phenoxy) is 3. The molecule has 0 aromatic heterocycles. The monoisotopic (exact) mass is 493 g/mol. The van der Waals surface area contributed by atoms with Crippen LogP contribution < -0.4 is 15.2 Å². The molecule has 9 nitrogen and oxygen atoms in total. The molecule has 0 saturated heterocycles. The molecule has 0 saturated carbocycles. The molecule has 0 radical (unpaired) electrons. The van der Waals surface area contributed by atoms with Crippen molar-refractivity contribution in [3.63, 3.8) is 0 Å². The zero-order valence-corrected chi connectivity index (χ0v) is 21.5. The number of rotatable bonds is 14. The predicted molar refractivity (Wildman–Crippen MR) is 130 cm³/mol. The van der Waals surface area contributed by atoms with E-state index in [1.807, 2.05) is 27.7 Å². The highest BCUT2D eigenvalue weighted by Gasteiger charge is 2.30. The third kappa shape index (κ3) is 10.5. The first-order valence-electron chi connectivity index (χ1n) is 12.1. The standard InChI is InChI=1S/C26H39NO8/c1-7-15(3)11-23(29)34-21-10-9-19(14-22(21)35-24(30)12-16(4)8-2)20(25(27)26(31)32)13-17(5)33-18(6)28/h9-10,14-17,20,25H,7-8,11-13,27H2,1-6H3,(H,31,32)/t15?,16?,17?,20?,25-/m0/s1. The summed E-state index contributed by atoms with van der Waals surface area (Å²) in [6.07, 6.45) is 1.48. The molecule has 4 unspecified atom stereocenters. The average molecular weight is 494 g/mol. The predicted octanol–water partition coefficient (Wildman–Crippen LogP) is 4.21. The third-order valence-corrected chi connectivity index (χ3v) is 5.94.